The van der Waals surface area contributed by atoms with E-state index in [1.54, 1.807) is 0 Å². The maximum absolute atomic E-state index is 6.91. The average molecular weight is 587 g/mol. The van der Waals surface area contributed by atoms with E-state index in [-0.39, 0.29) is 5.41 Å². The van der Waals surface area contributed by atoms with Crippen molar-refractivity contribution >= 4 is 16.6 Å². The molecule has 5 aliphatic rings. The normalized spacial score (nSPS) is 46.4. The van der Waals surface area contributed by atoms with Crippen molar-refractivity contribution in [2.24, 2.45) is 50.2 Å². The Labute approximate surface area is 251 Å². The molecule has 2 nitrogen and oxygen atoms in total. The van der Waals surface area contributed by atoms with Crippen molar-refractivity contribution in [1.82, 2.24) is 0 Å². The predicted molar refractivity (Wildman–Crippen MR) is 177 cm³/mol. The van der Waals surface area contributed by atoms with E-state index in [4.69, 9.17) is 8.85 Å². The van der Waals surface area contributed by atoms with E-state index in [0.717, 1.165) is 18.4 Å². The van der Waals surface area contributed by atoms with E-state index in [1.165, 1.54) is 64.2 Å². The molecule has 0 heterocycles. The minimum atomic E-state index is -1.57. The molecule has 0 radical (unpaired) electrons. The van der Waals surface area contributed by atoms with E-state index in [9.17, 15) is 0 Å². The SMILES string of the molecule is CC1(C)CCC2(CO[Si](C)(C)C)CCC3(C)C(=CCC4C5(C)CCC(O[Si](C)(C)C)C(C)(C)C5CCC43C)C2C1. The molecule has 5 rings (SSSR count). The summed E-state index contributed by atoms with van der Waals surface area (Å²) in [6.07, 6.45) is 16.7. The zero-order chi connectivity index (χ0) is 29.8. The molecule has 0 N–H and O–H groups in total. The first-order valence-electron chi connectivity index (χ1n) is 17.1. The van der Waals surface area contributed by atoms with Crippen LogP contribution in [-0.2, 0) is 8.85 Å². The molecule has 0 aromatic carbocycles. The second-order valence-electron chi connectivity index (χ2n) is 19.6. The van der Waals surface area contributed by atoms with Crippen LogP contribution in [0.3, 0.4) is 0 Å². The van der Waals surface area contributed by atoms with Gasteiger partial charge in [-0.15, -0.1) is 0 Å². The summed E-state index contributed by atoms with van der Waals surface area (Å²) in [6.45, 7) is 33.8. The van der Waals surface area contributed by atoms with Crippen LogP contribution in [0.5, 0.6) is 0 Å². The van der Waals surface area contributed by atoms with Gasteiger partial charge in [-0.25, -0.2) is 0 Å². The number of rotatable bonds is 5. The van der Waals surface area contributed by atoms with Gasteiger partial charge >= 0.3 is 0 Å². The highest BCUT2D eigenvalue weighted by Gasteiger charge is 2.68. The van der Waals surface area contributed by atoms with Crippen molar-refractivity contribution in [2.45, 2.75) is 158 Å². The molecule has 8 unspecified atom stereocenters. The largest absolute Gasteiger partial charge is 0.417 e. The van der Waals surface area contributed by atoms with E-state index in [2.05, 4.69) is 93.8 Å². The lowest BCUT2D eigenvalue weighted by molar-refractivity contribution is -0.201. The van der Waals surface area contributed by atoms with Crippen molar-refractivity contribution in [3.8, 4) is 0 Å². The van der Waals surface area contributed by atoms with Gasteiger partial charge in [0, 0.05) is 6.61 Å². The fourth-order valence-electron chi connectivity index (χ4n) is 11.6. The van der Waals surface area contributed by atoms with Crippen molar-refractivity contribution in [2.75, 3.05) is 6.61 Å². The van der Waals surface area contributed by atoms with Crippen LogP contribution in [-0.4, -0.2) is 29.3 Å². The summed E-state index contributed by atoms with van der Waals surface area (Å²) in [6, 6.07) is 0. The highest BCUT2D eigenvalue weighted by molar-refractivity contribution is 6.70. The molecular weight excluding hydrogens is 521 g/mol. The van der Waals surface area contributed by atoms with Crippen molar-refractivity contribution in [3.63, 3.8) is 0 Å². The van der Waals surface area contributed by atoms with Gasteiger partial charge in [-0.3, -0.25) is 0 Å². The second-order valence-corrected chi connectivity index (χ2v) is 28.5. The molecule has 4 heteroatoms. The fourth-order valence-corrected chi connectivity index (χ4v) is 13.6. The number of fused-ring (bicyclic) bond motifs is 7. The number of hydrogen-bond donors (Lipinski definition) is 0. The van der Waals surface area contributed by atoms with Crippen LogP contribution in [0.4, 0.5) is 0 Å². The summed E-state index contributed by atoms with van der Waals surface area (Å²) >= 11 is 0. The standard InChI is InChI=1S/C36H66O2Si2/c1-31(2)20-22-36(25-37-39(8,9)10)23-21-34(6)26(27(36)24-31)14-15-29-33(5)18-17-30(38-40(11,12)13)32(3,4)28(33)16-19-35(29,34)7/h14,27-30H,15-25H2,1-13H3. The number of hydrogen-bond acceptors (Lipinski definition) is 2. The van der Waals surface area contributed by atoms with Gasteiger partial charge in [-0.2, -0.15) is 0 Å². The molecule has 40 heavy (non-hydrogen) atoms. The van der Waals surface area contributed by atoms with E-state index in [1.807, 2.05) is 5.57 Å². The van der Waals surface area contributed by atoms with Crippen LogP contribution in [0.1, 0.15) is 113 Å². The molecule has 0 aromatic rings. The molecule has 0 aliphatic heterocycles. The topological polar surface area (TPSA) is 18.5 Å². The molecule has 0 bridgehead atoms. The third kappa shape index (κ3) is 4.93. The van der Waals surface area contributed by atoms with Gasteiger partial charge in [0.05, 0.1) is 6.10 Å². The maximum atomic E-state index is 6.91. The van der Waals surface area contributed by atoms with Crippen LogP contribution < -0.4 is 0 Å². The summed E-state index contributed by atoms with van der Waals surface area (Å²) < 4.78 is 13.7. The highest BCUT2D eigenvalue weighted by atomic mass is 28.4. The van der Waals surface area contributed by atoms with E-state index >= 15 is 0 Å². The Morgan fingerprint density at radius 2 is 1.40 bits per heavy atom. The van der Waals surface area contributed by atoms with Gasteiger partial charge in [0.15, 0.2) is 16.6 Å². The van der Waals surface area contributed by atoms with Gasteiger partial charge in [-0.1, -0.05) is 60.1 Å². The quantitative estimate of drug-likeness (QED) is 0.236. The highest BCUT2D eigenvalue weighted by Crippen LogP contribution is 2.76. The lowest BCUT2D eigenvalue weighted by Crippen LogP contribution is -2.65. The third-order valence-corrected chi connectivity index (χ3v) is 16.0. The Balaban J connectivity index is 1.51. The summed E-state index contributed by atoms with van der Waals surface area (Å²) in [4.78, 5) is 0. The van der Waals surface area contributed by atoms with Crippen LogP contribution >= 0.6 is 0 Å². The average Bonchev–Trinajstić information content (AvgIpc) is 2.79. The van der Waals surface area contributed by atoms with Crippen molar-refractivity contribution in [3.05, 3.63) is 11.6 Å². The molecule has 0 spiro atoms. The Hall–Kier alpha value is 0.0938. The van der Waals surface area contributed by atoms with Gasteiger partial charge < -0.3 is 8.85 Å². The number of allylic oxidation sites excluding steroid dienone is 2. The fraction of sp³-hybridized carbons (Fsp3) is 0.944. The first kappa shape index (κ1) is 31.5. The monoisotopic (exact) mass is 586 g/mol. The Morgan fingerprint density at radius 3 is 2.02 bits per heavy atom. The van der Waals surface area contributed by atoms with E-state index in [0.29, 0.717) is 39.1 Å². The lowest BCUT2D eigenvalue weighted by atomic mass is 9.33. The van der Waals surface area contributed by atoms with Gasteiger partial charge in [0.2, 0.25) is 0 Å². The molecular formula is C36H66O2Si2. The third-order valence-electron chi connectivity index (χ3n) is 14.0. The molecule has 8 atom stereocenters. The van der Waals surface area contributed by atoms with Crippen LogP contribution in [0, 0.1) is 50.2 Å². The summed E-state index contributed by atoms with van der Waals surface area (Å²) in [5.74, 6) is 2.24. The minimum absolute atomic E-state index is 0.253. The zero-order valence-electron chi connectivity index (χ0n) is 29.0. The smallest absolute Gasteiger partial charge is 0.184 e. The van der Waals surface area contributed by atoms with Crippen LogP contribution in [0.2, 0.25) is 39.3 Å². The lowest BCUT2D eigenvalue weighted by Gasteiger charge is -2.71. The van der Waals surface area contributed by atoms with Crippen molar-refractivity contribution < 1.29 is 8.85 Å². The van der Waals surface area contributed by atoms with Gasteiger partial charge in [-0.05, 0) is 154 Å². The van der Waals surface area contributed by atoms with E-state index < -0.39 is 16.6 Å². The molecule has 4 fully saturated rings. The molecule has 0 aromatic heterocycles. The Kier molecular flexibility index (Phi) is 7.52. The predicted octanol–water partition coefficient (Wildman–Crippen LogP) is 10.9. The summed E-state index contributed by atoms with van der Waals surface area (Å²) in [5.41, 5.74) is 4.04. The molecule has 0 saturated heterocycles. The van der Waals surface area contributed by atoms with Crippen LogP contribution in [0.15, 0.2) is 11.6 Å². The van der Waals surface area contributed by atoms with Gasteiger partial charge in [0.25, 0.3) is 0 Å². The Morgan fingerprint density at radius 1 is 0.750 bits per heavy atom. The minimum Gasteiger partial charge on any atom is -0.417 e. The molecule has 230 valence electrons. The maximum Gasteiger partial charge on any atom is 0.184 e. The first-order chi connectivity index (χ1) is 18.1. The molecule has 5 aliphatic carbocycles. The second kappa shape index (κ2) is 9.55. The van der Waals surface area contributed by atoms with Gasteiger partial charge in [0.1, 0.15) is 0 Å². The summed E-state index contributed by atoms with van der Waals surface area (Å²) in [7, 11) is -3.13. The zero-order valence-corrected chi connectivity index (χ0v) is 31.0. The summed E-state index contributed by atoms with van der Waals surface area (Å²) in [5, 5.41) is 0. The van der Waals surface area contributed by atoms with Crippen molar-refractivity contribution in [1.29, 1.82) is 0 Å². The van der Waals surface area contributed by atoms with Crippen LogP contribution in [0.25, 0.3) is 0 Å². The first-order valence-corrected chi connectivity index (χ1v) is 23.9. The molecule has 0 amide bonds. The Bertz CT molecular complexity index is 1020. The molecule has 4 saturated carbocycles.